The highest BCUT2D eigenvalue weighted by Gasteiger charge is 2.23. The number of para-hydroxylation sites is 2. The monoisotopic (exact) mass is 693 g/mol. The second kappa shape index (κ2) is 11.9. The van der Waals surface area contributed by atoms with Gasteiger partial charge in [-0.05, 0) is 80.7 Å². The highest BCUT2D eigenvalue weighted by atomic mass is 32.1. The van der Waals surface area contributed by atoms with Gasteiger partial charge in [0.2, 0.25) is 0 Å². The second-order valence-corrected chi connectivity index (χ2v) is 14.7. The van der Waals surface area contributed by atoms with E-state index in [1.54, 1.807) is 0 Å². The summed E-state index contributed by atoms with van der Waals surface area (Å²) in [5.41, 5.74) is 9.62. The van der Waals surface area contributed by atoms with Crippen LogP contribution in [0.15, 0.2) is 192 Å². The number of rotatable bonds is 5. The van der Waals surface area contributed by atoms with Crippen molar-refractivity contribution in [1.29, 1.82) is 0 Å². The van der Waals surface area contributed by atoms with Crippen molar-refractivity contribution < 1.29 is 4.42 Å². The summed E-state index contributed by atoms with van der Waals surface area (Å²) in [6, 6.07) is 67.8. The number of furan rings is 1. The molecule has 0 unspecified atom stereocenters. The van der Waals surface area contributed by atoms with E-state index in [9.17, 15) is 0 Å². The molecule has 0 fully saturated rings. The molecule has 11 rings (SSSR count). The molecular weight excluding hydrogens is 663 g/mol. The van der Waals surface area contributed by atoms with Gasteiger partial charge in [0.1, 0.15) is 5.58 Å². The molecule has 0 amide bonds. The fourth-order valence-corrected chi connectivity index (χ4v) is 9.39. The van der Waals surface area contributed by atoms with Gasteiger partial charge in [0.25, 0.3) is 0 Å². The van der Waals surface area contributed by atoms with Crippen molar-refractivity contribution in [2.75, 3.05) is 4.90 Å². The van der Waals surface area contributed by atoms with Crippen LogP contribution in [0.25, 0.3) is 85.9 Å². The Morgan fingerprint density at radius 1 is 0.377 bits per heavy atom. The quantitative estimate of drug-likeness (QED) is 0.167. The average molecular weight is 694 g/mol. The fourth-order valence-electron chi connectivity index (χ4n) is 8.26. The summed E-state index contributed by atoms with van der Waals surface area (Å²) in [7, 11) is 0. The highest BCUT2D eigenvalue weighted by molar-refractivity contribution is 7.26. The molecule has 0 aliphatic carbocycles. The van der Waals surface area contributed by atoms with Gasteiger partial charge in [-0.3, -0.25) is 0 Å². The maximum atomic E-state index is 7.02. The van der Waals surface area contributed by atoms with Crippen molar-refractivity contribution in [1.82, 2.24) is 0 Å². The molecule has 0 aliphatic heterocycles. The van der Waals surface area contributed by atoms with Gasteiger partial charge in [-0.2, -0.15) is 0 Å². The molecule has 0 radical (unpaired) electrons. The van der Waals surface area contributed by atoms with Crippen molar-refractivity contribution in [2.45, 2.75) is 0 Å². The lowest BCUT2D eigenvalue weighted by atomic mass is 9.93. The van der Waals surface area contributed by atoms with Crippen molar-refractivity contribution in [3.8, 4) is 22.3 Å². The SMILES string of the molecule is c1ccc(-c2cccc3c2oc2c(N(c4ccc(-c5cc6ccccc6c6ccccc56)cc4)c4cccc5sc6ccccc6c45)cccc23)cc1. The van der Waals surface area contributed by atoms with Crippen LogP contribution >= 0.6 is 11.3 Å². The van der Waals surface area contributed by atoms with Gasteiger partial charge in [0.05, 0.1) is 11.4 Å². The van der Waals surface area contributed by atoms with Crippen LogP contribution in [0, 0.1) is 0 Å². The largest absolute Gasteiger partial charge is 0.453 e. The van der Waals surface area contributed by atoms with E-state index in [-0.39, 0.29) is 0 Å². The molecule has 2 aromatic heterocycles. The molecule has 2 nitrogen and oxygen atoms in total. The van der Waals surface area contributed by atoms with Crippen LogP contribution in [0.5, 0.6) is 0 Å². The first-order valence-corrected chi connectivity index (χ1v) is 18.8. The van der Waals surface area contributed by atoms with E-state index in [0.717, 1.165) is 50.1 Å². The first-order chi connectivity index (χ1) is 26.3. The smallest absolute Gasteiger partial charge is 0.159 e. The summed E-state index contributed by atoms with van der Waals surface area (Å²) in [6.07, 6.45) is 0. The summed E-state index contributed by atoms with van der Waals surface area (Å²) < 4.78 is 9.56. The Morgan fingerprint density at radius 3 is 1.83 bits per heavy atom. The minimum absolute atomic E-state index is 0.868. The molecule has 2 heterocycles. The van der Waals surface area contributed by atoms with Crippen molar-refractivity contribution >= 4 is 92.1 Å². The zero-order chi connectivity index (χ0) is 34.9. The zero-order valence-electron chi connectivity index (χ0n) is 28.7. The van der Waals surface area contributed by atoms with Crippen LogP contribution < -0.4 is 4.90 Å². The van der Waals surface area contributed by atoms with E-state index >= 15 is 0 Å². The molecule has 0 N–H and O–H groups in total. The molecular formula is C50H31NOS. The lowest BCUT2D eigenvalue weighted by molar-refractivity contribution is 0.670. The third-order valence-corrected chi connectivity index (χ3v) is 11.8. The van der Waals surface area contributed by atoms with Gasteiger partial charge in [-0.25, -0.2) is 0 Å². The molecule has 53 heavy (non-hydrogen) atoms. The summed E-state index contributed by atoms with van der Waals surface area (Å²) in [6.45, 7) is 0. The fraction of sp³-hybridized carbons (Fsp3) is 0. The topological polar surface area (TPSA) is 16.4 Å². The van der Waals surface area contributed by atoms with E-state index in [1.807, 2.05) is 11.3 Å². The zero-order valence-corrected chi connectivity index (χ0v) is 29.5. The number of hydrogen-bond acceptors (Lipinski definition) is 3. The van der Waals surface area contributed by atoms with Crippen LogP contribution in [-0.4, -0.2) is 0 Å². The molecule has 248 valence electrons. The molecule has 11 aromatic rings. The van der Waals surface area contributed by atoms with Gasteiger partial charge in [0, 0.05) is 42.2 Å². The normalized spacial score (nSPS) is 11.8. The number of nitrogens with zero attached hydrogens (tertiary/aromatic N) is 1. The van der Waals surface area contributed by atoms with E-state index in [4.69, 9.17) is 4.42 Å². The first kappa shape index (κ1) is 30.0. The summed E-state index contributed by atoms with van der Waals surface area (Å²) in [4.78, 5) is 2.40. The third-order valence-electron chi connectivity index (χ3n) is 10.7. The molecule has 0 bridgehead atoms. The predicted octanol–water partition coefficient (Wildman–Crippen LogP) is 15.1. The minimum atomic E-state index is 0.868. The van der Waals surface area contributed by atoms with E-state index in [1.165, 1.54) is 52.8 Å². The molecule has 0 saturated carbocycles. The Balaban J connectivity index is 1.16. The maximum Gasteiger partial charge on any atom is 0.159 e. The lowest BCUT2D eigenvalue weighted by Crippen LogP contribution is -2.10. The number of anilines is 3. The maximum absolute atomic E-state index is 7.02. The Morgan fingerprint density at radius 2 is 0.981 bits per heavy atom. The average Bonchev–Trinajstić information content (AvgIpc) is 3.81. The molecule has 0 saturated heterocycles. The van der Waals surface area contributed by atoms with E-state index in [0.29, 0.717) is 0 Å². The van der Waals surface area contributed by atoms with Gasteiger partial charge in [-0.15, -0.1) is 11.3 Å². The van der Waals surface area contributed by atoms with Crippen molar-refractivity contribution in [3.63, 3.8) is 0 Å². The van der Waals surface area contributed by atoms with Crippen molar-refractivity contribution in [3.05, 3.63) is 188 Å². The van der Waals surface area contributed by atoms with Gasteiger partial charge >= 0.3 is 0 Å². The number of fused-ring (bicyclic) bond motifs is 9. The molecule has 0 aliphatic rings. The Hall–Kier alpha value is -6.68. The molecule has 0 spiro atoms. The standard InChI is InChI=1S/C50H31NOS/c1-2-13-32(14-3-1)37-20-10-21-40-41-22-11-24-45(50(41)52-49(37)40)51(44-23-12-26-47-48(44)42-19-8-9-25-46(42)53-47)35-29-27-33(28-30-35)43-31-34-15-4-5-16-36(34)38-17-6-7-18-39(38)43/h1-31H. The summed E-state index contributed by atoms with van der Waals surface area (Å²) >= 11 is 1.84. The van der Waals surface area contributed by atoms with Gasteiger partial charge in [-0.1, -0.05) is 146 Å². The number of thiophene rings is 1. The highest BCUT2D eigenvalue weighted by Crippen LogP contribution is 2.48. The van der Waals surface area contributed by atoms with Crippen molar-refractivity contribution in [2.24, 2.45) is 0 Å². The second-order valence-electron chi connectivity index (χ2n) is 13.6. The van der Waals surface area contributed by atoms with E-state index in [2.05, 4.69) is 193 Å². The van der Waals surface area contributed by atoms with E-state index < -0.39 is 0 Å². The molecule has 0 atom stereocenters. The summed E-state index contributed by atoms with van der Waals surface area (Å²) in [5.74, 6) is 0. The molecule has 9 aromatic carbocycles. The number of hydrogen-bond donors (Lipinski definition) is 0. The van der Waals surface area contributed by atoms with Gasteiger partial charge in [0.15, 0.2) is 5.58 Å². The predicted molar refractivity (Wildman–Crippen MR) is 227 cm³/mol. The number of benzene rings is 9. The Kier molecular flexibility index (Phi) is 6.76. The van der Waals surface area contributed by atoms with Crippen LogP contribution in [0.2, 0.25) is 0 Å². The summed E-state index contributed by atoms with van der Waals surface area (Å²) in [5, 5.41) is 9.77. The van der Waals surface area contributed by atoms with Crippen LogP contribution in [0.3, 0.4) is 0 Å². The van der Waals surface area contributed by atoms with Crippen LogP contribution in [0.4, 0.5) is 17.1 Å². The Bertz CT molecular complexity index is 3170. The third kappa shape index (κ3) is 4.71. The Labute approximate surface area is 310 Å². The van der Waals surface area contributed by atoms with Crippen LogP contribution in [0.1, 0.15) is 0 Å². The van der Waals surface area contributed by atoms with Gasteiger partial charge < -0.3 is 9.32 Å². The minimum Gasteiger partial charge on any atom is -0.453 e. The first-order valence-electron chi connectivity index (χ1n) is 18.0. The lowest BCUT2D eigenvalue weighted by Gasteiger charge is -2.27. The van der Waals surface area contributed by atoms with Crippen LogP contribution in [-0.2, 0) is 0 Å². The molecule has 3 heteroatoms.